The molecule has 3 nitrogen and oxygen atoms in total. The van der Waals surface area contributed by atoms with E-state index in [0.717, 1.165) is 18.4 Å². The number of nitrogens with zero attached hydrogens (tertiary/aromatic N) is 1. The minimum absolute atomic E-state index is 0. The number of rotatable bonds is 5. The molecule has 4 heteroatoms. The fourth-order valence-corrected chi connectivity index (χ4v) is 2.27. The maximum absolute atomic E-state index is 4.27. The van der Waals surface area contributed by atoms with Gasteiger partial charge in [-0.1, -0.05) is 43.7 Å². The van der Waals surface area contributed by atoms with Gasteiger partial charge in [0.1, 0.15) is 0 Å². The quantitative estimate of drug-likeness (QED) is 0.473. The van der Waals surface area contributed by atoms with Crippen molar-refractivity contribution < 1.29 is 0 Å². The Kier molecular flexibility index (Phi) is 7.20. The van der Waals surface area contributed by atoms with Gasteiger partial charge in [-0.2, -0.15) is 0 Å². The molecule has 106 valence electrons. The van der Waals surface area contributed by atoms with E-state index in [-0.39, 0.29) is 24.0 Å². The van der Waals surface area contributed by atoms with Crippen LogP contribution in [0.2, 0.25) is 0 Å². The van der Waals surface area contributed by atoms with Crippen molar-refractivity contribution in [1.29, 1.82) is 0 Å². The summed E-state index contributed by atoms with van der Waals surface area (Å²) in [5.41, 5.74) is 1.28. The van der Waals surface area contributed by atoms with Crippen molar-refractivity contribution in [2.24, 2.45) is 10.9 Å². The molecule has 19 heavy (non-hydrogen) atoms. The van der Waals surface area contributed by atoms with Gasteiger partial charge in [-0.3, -0.25) is 4.99 Å². The van der Waals surface area contributed by atoms with E-state index in [9.17, 15) is 0 Å². The number of hydrogen-bond donors (Lipinski definition) is 2. The Labute approximate surface area is 133 Å². The maximum Gasteiger partial charge on any atom is 0.191 e. The number of guanidine groups is 1. The van der Waals surface area contributed by atoms with Gasteiger partial charge in [0.05, 0.1) is 0 Å². The zero-order chi connectivity index (χ0) is 12.8. The molecule has 0 spiro atoms. The molecule has 0 heterocycles. The predicted octanol–water partition coefficient (Wildman–Crippen LogP) is 3.16. The number of halogens is 1. The van der Waals surface area contributed by atoms with E-state index in [0.29, 0.717) is 6.04 Å². The first-order valence-corrected chi connectivity index (χ1v) is 6.84. The molecule has 1 aromatic rings. The molecule has 0 saturated heterocycles. The molecule has 0 bridgehead atoms. The van der Waals surface area contributed by atoms with Crippen LogP contribution in [0.1, 0.15) is 31.7 Å². The Morgan fingerprint density at radius 2 is 2.05 bits per heavy atom. The molecule has 2 atom stereocenters. The number of hydrogen-bond acceptors (Lipinski definition) is 1. The minimum Gasteiger partial charge on any atom is -0.353 e. The van der Waals surface area contributed by atoms with E-state index in [4.69, 9.17) is 0 Å². The van der Waals surface area contributed by atoms with E-state index in [1.54, 1.807) is 0 Å². The van der Waals surface area contributed by atoms with Gasteiger partial charge in [0.25, 0.3) is 0 Å². The van der Waals surface area contributed by atoms with Gasteiger partial charge in [-0.25, -0.2) is 0 Å². The first-order valence-electron chi connectivity index (χ1n) is 6.84. The van der Waals surface area contributed by atoms with Crippen molar-refractivity contribution in [1.82, 2.24) is 10.6 Å². The topological polar surface area (TPSA) is 36.4 Å². The van der Waals surface area contributed by atoms with Crippen LogP contribution in [0.5, 0.6) is 0 Å². The molecule has 0 aliphatic heterocycles. The Morgan fingerprint density at radius 1 is 1.32 bits per heavy atom. The van der Waals surface area contributed by atoms with Crippen LogP contribution in [0, 0.1) is 5.92 Å². The van der Waals surface area contributed by atoms with Gasteiger partial charge in [0, 0.05) is 19.6 Å². The molecule has 1 aliphatic carbocycles. The van der Waals surface area contributed by atoms with Crippen molar-refractivity contribution >= 4 is 29.9 Å². The molecular weight excluding hydrogens is 349 g/mol. The second-order valence-corrected chi connectivity index (χ2v) is 4.95. The van der Waals surface area contributed by atoms with Crippen LogP contribution < -0.4 is 10.6 Å². The summed E-state index contributed by atoms with van der Waals surface area (Å²) >= 11 is 0. The molecule has 0 radical (unpaired) electrons. The largest absolute Gasteiger partial charge is 0.353 e. The summed E-state index contributed by atoms with van der Waals surface area (Å²) < 4.78 is 0. The molecular formula is C15H24IN3. The van der Waals surface area contributed by atoms with Crippen LogP contribution in [0.25, 0.3) is 0 Å². The molecule has 0 aromatic heterocycles. The molecule has 2 N–H and O–H groups in total. The fourth-order valence-electron chi connectivity index (χ4n) is 2.27. The summed E-state index contributed by atoms with van der Waals surface area (Å²) in [7, 11) is 1.83. The van der Waals surface area contributed by atoms with Crippen LogP contribution in [-0.4, -0.2) is 19.0 Å². The summed E-state index contributed by atoms with van der Waals surface area (Å²) in [5, 5.41) is 6.84. The van der Waals surface area contributed by atoms with Crippen LogP contribution in [0.4, 0.5) is 0 Å². The molecule has 1 aliphatic rings. The van der Waals surface area contributed by atoms with E-state index >= 15 is 0 Å². The Morgan fingerprint density at radius 3 is 2.68 bits per heavy atom. The summed E-state index contributed by atoms with van der Waals surface area (Å²) in [4.78, 5) is 4.27. The molecule has 0 amide bonds. The minimum atomic E-state index is 0. The molecule has 2 rings (SSSR count). The Balaban J connectivity index is 0.00000180. The molecule has 1 fully saturated rings. The highest BCUT2D eigenvalue weighted by Gasteiger charge is 2.36. The van der Waals surface area contributed by atoms with Gasteiger partial charge >= 0.3 is 0 Å². The van der Waals surface area contributed by atoms with Gasteiger partial charge in [-0.05, 0) is 24.3 Å². The number of nitrogens with one attached hydrogen (secondary N) is 2. The van der Waals surface area contributed by atoms with E-state index in [2.05, 4.69) is 46.8 Å². The van der Waals surface area contributed by atoms with Crippen molar-refractivity contribution in [3.63, 3.8) is 0 Å². The second kappa shape index (κ2) is 8.40. The third-order valence-corrected chi connectivity index (χ3v) is 3.43. The van der Waals surface area contributed by atoms with E-state index in [1.807, 2.05) is 13.1 Å². The predicted molar refractivity (Wildman–Crippen MR) is 92.0 cm³/mol. The first-order chi connectivity index (χ1) is 8.83. The molecule has 2 unspecified atom stereocenters. The third kappa shape index (κ3) is 5.38. The Bertz CT molecular complexity index is 392. The van der Waals surface area contributed by atoms with E-state index in [1.165, 1.54) is 24.8 Å². The maximum atomic E-state index is 4.27. The van der Waals surface area contributed by atoms with Crippen LogP contribution in [-0.2, 0) is 6.54 Å². The zero-order valence-corrected chi connectivity index (χ0v) is 14.1. The number of benzene rings is 1. The van der Waals surface area contributed by atoms with E-state index < -0.39 is 0 Å². The lowest BCUT2D eigenvalue weighted by Crippen LogP contribution is -2.38. The van der Waals surface area contributed by atoms with Crippen LogP contribution in [0.3, 0.4) is 0 Å². The van der Waals surface area contributed by atoms with Crippen molar-refractivity contribution in [3.8, 4) is 0 Å². The summed E-state index contributed by atoms with van der Waals surface area (Å²) in [6, 6.07) is 11.0. The highest BCUT2D eigenvalue weighted by Crippen LogP contribution is 2.34. The summed E-state index contributed by atoms with van der Waals surface area (Å²) in [6.45, 7) is 3.07. The lowest BCUT2D eigenvalue weighted by molar-refractivity contribution is 0.655. The Hall–Kier alpha value is -0.780. The van der Waals surface area contributed by atoms with Crippen molar-refractivity contribution in [3.05, 3.63) is 35.9 Å². The van der Waals surface area contributed by atoms with Gasteiger partial charge in [-0.15, -0.1) is 24.0 Å². The lowest BCUT2D eigenvalue weighted by atomic mass is 10.2. The van der Waals surface area contributed by atoms with Gasteiger partial charge in [0.2, 0.25) is 0 Å². The third-order valence-electron chi connectivity index (χ3n) is 3.43. The zero-order valence-electron chi connectivity index (χ0n) is 11.7. The first kappa shape index (κ1) is 16.3. The average Bonchev–Trinajstić information content (AvgIpc) is 3.14. The van der Waals surface area contributed by atoms with Gasteiger partial charge in [0.15, 0.2) is 5.96 Å². The fraction of sp³-hybridized carbons (Fsp3) is 0.533. The smallest absolute Gasteiger partial charge is 0.191 e. The van der Waals surface area contributed by atoms with Crippen LogP contribution >= 0.6 is 24.0 Å². The SMILES string of the molecule is CCCC1CC1NC(=NC)NCc1ccccc1.I. The highest BCUT2D eigenvalue weighted by atomic mass is 127. The highest BCUT2D eigenvalue weighted by molar-refractivity contribution is 14.0. The molecule has 1 saturated carbocycles. The normalized spacial score (nSPS) is 21.5. The monoisotopic (exact) mass is 373 g/mol. The standard InChI is InChI=1S/C15H23N3.HI/c1-3-7-13-10-14(13)18-15(16-2)17-11-12-8-5-4-6-9-12;/h4-6,8-9,13-14H,3,7,10-11H2,1-2H3,(H2,16,17,18);1H. The van der Waals surface area contributed by atoms with Crippen LogP contribution in [0.15, 0.2) is 35.3 Å². The summed E-state index contributed by atoms with van der Waals surface area (Å²) in [5.74, 6) is 1.77. The van der Waals surface area contributed by atoms with Gasteiger partial charge < -0.3 is 10.6 Å². The second-order valence-electron chi connectivity index (χ2n) is 4.95. The van der Waals surface area contributed by atoms with Crippen molar-refractivity contribution in [2.45, 2.75) is 38.8 Å². The average molecular weight is 373 g/mol. The summed E-state index contributed by atoms with van der Waals surface area (Å²) in [6.07, 6.45) is 3.89. The molecule has 1 aromatic carbocycles. The number of aliphatic imine (C=N–C) groups is 1. The van der Waals surface area contributed by atoms with Crippen molar-refractivity contribution in [2.75, 3.05) is 7.05 Å². The lowest BCUT2D eigenvalue weighted by Gasteiger charge is -2.11.